The second-order valence-electron chi connectivity index (χ2n) is 15.8. The van der Waals surface area contributed by atoms with E-state index in [2.05, 4.69) is 38.2 Å². The highest BCUT2D eigenvalue weighted by Gasteiger charge is 2.52. The molecule has 308 valence electrons. The molecule has 0 aliphatic rings. The first kappa shape index (κ1) is 52.9. The number of nitrogens with two attached hydrogens (primary N) is 1. The zero-order valence-corrected chi connectivity index (χ0v) is 36.7. The van der Waals surface area contributed by atoms with Crippen molar-refractivity contribution in [2.75, 3.05) is 0 Å². The average molecular weight is 801 g/mol. The summed E-state index contributed by atoms with van der Waals surface area (Å²) in [4.78, 5) is 26.3. The molecule has 52 heavy (non-hydrogen) atoms. The summed E-state index contributed by atoms with van der Waals surface area (Å²) in [5.74, 6) is -3.19. The number of hydrogen-bond acceptors (Lipinski definition) is 6. The Morgan fingerprint density at radius 1 is 0.558 bits per heavy atom. The zero-order chi connectivity index (χ0) is 38.1. The number of carbonyl (C=O) groups is 2. The van der Waals surface area contributed by atoms with Crippen molar-refractivity contribution in [3.8, 4) is 0 Å². The SMILES string of the molecule is Br.CCCCCCCC/C=C\CCCCCCCC(=O)OC(CC)(OC(=O)CCCCCCC/C=C\CCCCCCCC)C(C(C)O)C(C)(C)N. The van der Waals surface area contributed by atoms with Crippen molar-refractivity contribution in [1.82, 2.24) is 0 Å². The van der Waals surface area contributed by atoms with Crippen LogP contribution in [0.3, 0.4) is 0 Å². The normalized spacial score (nSPS) is 13.4. The van der Waals surface area contributed by atoms with Gasteiger partial charge in [0, 0.05) is 24.8 Å². The van der Waals surface area contributed by atoms with E-state index in [9.17, 15) is 14.7 Å². The molecule has 0 aromatic rings. The predicted octanol–water partition coefficient (Wildman–Crippen LogP) is 13.6. The number of aliphatic hydroxyl groups excluding tert-OH is 1. The minimum atomic E-state index is -1.61. The molecule has 0 saturated heterocycles. The molecule has 0 aliphatic carbocycles. The molecule has 0 heterocycles. The summed E-state index contributed by atoms with van der Waals surface area (Å²) < 4.78 is 12.0. The van der Waals surface area contributed by atoms with Crippen LogP contribution in [-0.4, -0.2) is 34.5 Å². The fourth-order valence-electron chi connectivity index (χ4n) is 7.24. The van der Waals surface area contributed by atoms with Crippen LogP contribution < -0.4 is 5.73 Å². The molecule has 2 atom stereocenters. The molecule has 0 aromatic heterocycles. The number of hydrogen-bond donors (Lipinski definition) is 2. The molecule has 0 amide bonds. The number of halogens is 1. The Morgan fingerprint density at radius 2 is 0.846 bits per heavy atom. The fraction of sp³-hybridized carbons (Fsp3) is 0.867. The van der Waals surface area contributed by atoms with E-state index in [1.807, 2.05) is 6.92 Å². The smallest absolute Gasteiger partial charge is 0.309 e. The van der Waals surface area contributed by atoms with Crippen molar-refractivity contribution in [2.45, 2.75) is 245 Å². The van der Waals surface area contributed by atoms with Gasteiger partial charge in [-0.15, -0.1) is 17.0 Å². The molecular formula is C45H86BrNO5. The Hall–Kier alpha value is -1.18. The van der Waals surface area contributed by atoms with E-state index >= 15 is 0 Å². The van der Waals surface area contributed by atoms with Crippen LogP contribution in [0.15, 0.2) is 24.3 Å². The third-order valence-electron chi connectivity index (χ3n) is 10.1. The lowest BCUT2D eigenvalue weighted by molar-refractivity contribution is -0.267. The Kier molecular flexibility index (Phi) is 36.1. The van der Waals surface area contributed by atoms with Crippen LogP contribution in [0.5, 0.6) is 0 Å². The second kappa shape index (κ2) is 35.5. The van der Waals surface area contributed by atoms with Gasteiger partial charge in [-0.2, -0.15) is 0 Å². The predicted molar refractivity (Wildman–Crippen MR) is 228 cm³/mol. The van der Waals surface area contributed by atoms with Crippen LogP contribution in [0.1, 0.15) is 228 Å². The molecule has 6 nitrogen and oxygen atoms in total. The summed E-state index contributed by atoms with van der Waals surface area (Å²) in [5.41, 5.74) is 5.57. The van der Waals surface area contributed by atoms with E-state index in [0.717, 1.165) is 64.2 Å². The molecular weight excluding hydrogens is 714 g/mol. The van der Waals surface area contributed by atoms with Gasteiger partial charge in [-0.3, -0.25) is 9.59 Å². The van der Waals surface area contributed by atoms with Crippen molar-refractivity contribution < 1.29 is 24.2 Å². The summed E-state index contributed by atoms with van der Waals surface area (Å²) in [6.45, 7) is 11.5. The van der Waals surface area contributed by atoms with E-state index in [1.54, 1.807) is 20.8 Å². The number of aliphatic hydroxyl groups is 1. The van der Waals surface area contributed by atoms with Gasteiger partial charge in [0.05, 0.1) is 12.0 Å². The number of allylic oxidation sites excluding steroid dienone is 4. The van der Waals surface area contributed by atoms with Gasteiger partial charge in [0.1, 0.15) is 0 Å². The number of unbranched alkanes of at least 4 members (excludes halogenated alkanes) is 22. The molecule has 3 N–H and O–H groups in total. The number of carbonyl (C=O) groups excluding carboxylic acids is 2. The van der Waals surface area contributed by atoms with Gasteiger partial charge in [-0.1, -0.05) is 148 Å². The molecule has 2 unspecified atom stereocenters. The van der Waals surface area contributed by atoms with Gasteiger partial charge in [0.25, 0.3) is 5.79 Å². The second-order valence-corrected chi connectivity index (χ2v) is 15.8. The molecule has 0 radical (unpaired) electrons. The van der Waals surface area contributed by atoms with Crippen molar-refractivity contribution in [1.29, 1.82) is 0 Å². The summed E-state index contributed by atoms with van der Waals surface area (Å²) in [6.07, 6.45) is 40.0. The van der Waals surface area contributed by atoms with Crippen molar-refractivity contribution in [2.24, 2.45) is 11.7 Å². The largest absolute Gasteiger partial charge is 0.422 e. The van der Waals surface area contributed by atoms with Gasteiger partial charge in [0.15, 0.2) is 0 Å². The van der Waals surface area contributed by atoms with Gasteiger partial charge in [-0.05, 0) is 85.0 Å². The van der Waals surface area contributed by atoms with Gasteiger partial charge in [0.2, 0.25) is 0 Å². The molecule has 0 bridgehead atoms. The first-order valence-corrected chi connectivity index (χ1v) is 21.7. The minimum Gasteiger partial charge on any atom is -0.422 e. The van der Waals surface area contributed by atoms with Crippen LogP contribution in [-0.2, 0) is 19.1 Å². The lowest BCUT2D eigenvalue weighted by Gasteiger charge is -2.45. The molecule has 0 aliphatic heterocycles. The Labute approximate surface area is 333 Å². The van der Waals surface area contributed by atoms with Gasteiger partial charge < -0.3 is 20.3 Å². The average Bonchev–Trinajstić information content (AvgIpc) is 3.07. The maximum atomic E-state index is 13.1. The Morgan fingerprint density at radius 3 is 1.12 bits per heavy atom. The number of ether oxygens (including phenoxy) is 2. The van der Waals surface area contributed by atoms with E-state index in [4.69, 9.17) is 15.2 Å². The third kappa shape index (κ3) is 29.2. The highest BCUT2D eigenvalue weighted by atomic mass is 79.9. The first-order chi connectivity index (χ1) is 24.5. The van der Waals surface area contributed by atoms with Crippen molar-refractivity contribution >= 4 is 28.9 Å². The molecule has 7 heteroatoms. The van der Waals surface area contributed by atoms with Crippen LogP contribution >= 0.6 is 17.0 Å². The van der Waals surface area contributed by atoms with E-state index in [1.165, 1.54) is 103 Å². The quantitative estimate of drug-likeness (QED) is 0.0283. The van der Waals surface area contributed by atoms with Crippen molar-refractivity contribution in [3.63, 3.8) is 0 Å². The minimum absolute atomic E-state index is 0. The summed E-state index contributed by atoms with van der Waals surface area (Å²) in [7, 11) is 0. The highest BCUT2D eigenvalue weighted by molar-refractivity contribution is 8.93. The van der Waals surface area contributed by atoms with E-state index in [0.29, 0.717) is 0 Å². The first-order valence-electron chi connectivity index (χ1n) is 21.7. The zero-order valence-electron chi connectivity index (χ0n) is 35.0. The maximum absolute atomic E-state index is 13.1. The molecule has 0 rings (SSSR count). The van der Waals surface area contributed by atoms with Crippen LogP contribution in [0.2, 0.25) is 0 Å². The summed E-state index contributed by atoms with van der Waals surface area (Å²) in [5, 5.41) is 10.8. The van der Waals surface area contributed by atoms with Crippen LogP contribution in [0.25, 0.3) is 0 Å². The molecule has 0 aromatic carbocycles. The Bertz CT molecular complexity index is 827. The fourth-order valence-corrected chi connectivity index (χ4v) is 7.24. The van der Waals surface area contributed by atoms with Crippen molar-refractivity contribution in [3.05, 3.63) is 24.3 Å². The molecule has 0 saturated carbocycles. The lowest BCUT2D eigenvalue weighted by atomic mass is 9.76. The number of esters is 2. The van der Waals surface area contributed by atoms with Crippen LogP contribution in [0, 0.1) is 5.92 Å². The highest BCUT2D eigenvalue weighted by Crippen LogP contribution is 2.38. The maximum Gasteiger partial charge on any atom is 0.309 e. The van der Waals surface area contributed by atoms with E-state index in [-0.39, 0.29) is 36.2 Å². The van der Waals surface area contributed by atoms with E-state index < -0.39 is 35.3 Å². The third-order valence-corrected chi connectivity index (χ3v) is 10.1. The number of rotatable bonds is 36. The summed E-state index contributed by atoms with van der Waals surface area (Å²) >= 11 is 0. The standard InChI is InChI=1S/C45H85NO5.BrH/c1-7-10-12-14-16-18-20-22-24-26-28-30-32-34-36-38-41(48)50-45(9-3,43(40(4)47)44(5,6)46)51-42(49)39-37-35-33-31-29-27-25-23-21-19-17-15-13-11-8-2;/h22-25,40,43,47H,7-21,26-39,46H2,1-6H3;1H/b24-22-,25-23-;. The van der Waals surface area contributed by atoms with Gasteiger partial charge >= 0.3 is 11.9 Å². The molecule has 0 spiro atoms. The van der Waals surface area contributed by atoms with Crippen LogP contribution in [0.4, 0.5) is 0 Å². The monoisotopic (exact) mass is 800 g/mol. The lowest BCUT2D eigenvalue weighted by Crippen LogP contribution is -2.61. The molecule has 0 fully saturated rings. The van der Waals surface area contributed by atoms with Gasteiger partial charge in [-0.25, -0.2) is 0 Å². The summed E-state index contributed by atoms with van der Waals surface area (Å²) in [6, 6.07) is 0. The topological polar surface area (TPSA) is 98.8 Å². The Balaban J connectivity index is 0.